The van der Waals surface area contributed by atoms with Gasteiger partial charge in [-0.2, -0.15) is 4.73 Å². The minimum Gasteiger partial charge on any atom is -0.425 e. The zero-order valence-corrected chi connectivity index (χ0v) is 14.7. The smallest absolute Gasteiger partial charge is 0.287 e. The molecule has 0 fully saturated rings. The zero-order chi connectivity index (χ0) is 17.7. The van der Waals surface area contributed by atoms with Crippen molar-refractivity contribution in [2.45, 2.75) is 32.7 Å². The van der Waals surface area contributed by atoms with Crippen molar-refractivity contribution < 1.29 is 13.6 Å². The van der Waals surface area contributed by atoms with Crippen LogP contribution in [0.15, 0.2) is 47.4 Å². The summed E-state index contributed by atoms with van der Waals surface area (Å²) < 4.78 is 25.9. The van der Waals surface area contributed by atoms with Crippen molar-refractivity contribution >= 4 is 15.7 Å². The normalized spacial score (nSPS) is 11.4. The molecule has 0 amide bonds. The minimum absolute atomic E-state index is 0.132. The van der Waals surface area contributed by atoms with Gasteiger partial charge in [0.25, 0.3) is 5.56 Å². The third-order valence-corrected chi connectivity index (χ3v) is 4.91. The van der Waals surface area contributed by atoms with E-state index in [1.807, 2.05) is 12.1 Å². The fourth-order valence-corrected chi connectivity index (χ4v) is 3.29. The Morgan fingerprint density at radius 3 is 2.42 bits per heavy atom. The molecule has 0 saturated heterocycles. The van der Waals surface area contributed by atoms with Crippen LogP contribution in [0.3, 0.4) is 0 Å². The van der Waals surface area contributed by atoms with E-state index in [0.29, 0.717) is 10.4 Å². The van der Waals surface area contributed by atoms with Crippen LogP contribution in [0.25, 0.3) is 0 Å². The topological polar surface area (TPSA) is 79.6 Å². The molecule has 0 aliphatic heterocycles. The van der Waals surface area contributed by atoms with Gasteiger partial charge in [0.15, 0.2) is 0 Å². The first kappa shape index (κ1) is 18.1. The molecule has 0 spiro atoms. The first-order valence-corrected chi connectivity index (χ1v) is 9.64. The van der Waals surface area contributed by atoms with E-state index in [9.17, 15) is 18.4 Å². The number of aryl methyl sites for hydroxylation is 1. The second-order valence-electron chi connectivity index (χ2n) is 5.72. The van der Waals surface area contributed by atoms with E-state index in [2.05, 4.69) is 6.92 Å². The molecular formula is C17H22N2O4S. The quantitative estimate of drug-likeness (QED) is 0.778. The highest BCUT2D eigenvalue weighted by Crippen LogP contribution is 2.21. The van der Waals surface area contributed by atoms with Crippen molar-refractivity contribution in [3.8, 4) is 0 Å². The van der Waals surface area contributed by atoms with Crippen LogP contribution in [-0.4, -0.2) is 24.6 Å². The molecule has 0 radical (unpaired) electrons. The van der Waals surface area contributed by atoms with E-state index < -0.39 is 15.6 Å². The number of pyridine rings is 1. The summed E-state index contributed by atoms with van der Waals surface area (Å²) >= 11 is 0. The zero-order valence-electron chi connectivity index (χ0n) is 13.8. The van der Waals surface area contributed by atoms with Gasteiger partial charge in [-0.15, -0.1) is 0 Å². The van der Waals surface area contributed by atoms with Crippen molar-refractivity contribution in [3.05, 3.63) is 64.1 Å². The highest BCUT2D eigenvalue weighted by Gasteiger charge is 2.19. The monoisotopic (exact) mass is 350 g/mol. The Balaban J connectivity index is 2.33. The van der Waals surface area contributed by atoms with Gasteiger partial charge in [0.05, 0.1) is 18.5 Å². The van der Waals surface area contributed by atoms with Crippen LogP contribution in [0.2, 0.25) is 0 Å². The van der Waals surface area contributed by atoms with E-state index in [4.69, 9.17) is 0 Å². The molecule has 0 bridgehead atoms. The summed E-state index contributed by atoms with van der Waals surface area (Å²) in [5.74, 6) is 0. The molecule has 0 unspecified atom stereocenters. The average molecular weight is 350 g/mol. The molecule has 0 atom stereocenters. The van der Waals surface area contributed by atoms with Crippen LogP contribution in [0.4, 0.5) is 5.69 Å². The maximum absolute atomic E-state index is 12.1. The number of rotatable bonds is 7. The van der Waals surface area contributed by atoms with Crippen LogP contribution in [0.5, 0.6) is 0 Å². The predicted molar refractivity (Wildman–Crippen MR) is 94.0 cm³/mol. The third kappa shape index (κ3) is 4.38. The van der Waals surface area contributed by atoms with Gasteiger partial charge in [-0.1, -0.05) is 25.5 Å². The van der Waals surface area contributed by atoms with E-state index in [1.54, 1.807) is 12.1 Å². The lowest BCUT2D eigenvalue weighted by molar-refractivity contribution is 0.174. The maximum atomic E-state index is 12.1. The molecular weight excluding hydrogens is 328 g/mol. The Labute approximate surface area is 142 Å². The highest BCUT2D eigenvalue weighted by atomic mass is 32.2. The largest absolute Gasteiger partial charge is 0.425 e. The molecule has 2 aromatic rings. The Morgan fingerprint density at radius 1 is 1.17 bits per heavy atom. The maximum Gasteiger partial charge on any atom is 0.287 e. The molecule has 0 aliphatic carbocycles. The summed E-state index contributed by atoms with van der Waals surface area (Å²) in [7, 11) is -3.57. The Kier molecular flexibility index (Phi) is 5.66. The lowest BCUT2D eigenvalue weighted by Gasteiger charge is -2.22. The van der Waals surface area contributed by atoms with Crippen LogP contribution in [0.1, 0.15) is 30.9 Å². The highest BCUT2D eigenvalue weighted by molar-refractivity contribution is 7.92. The van der Waals surface area contributed by atoms with Crippen LogP contribution in [0, 0.1) is 0 Å². The minimum atomic E-state index is -3.57. The van der Waals surface area contributed by atoms with Crippen molar-refractivity contribution in [2.75, 3.05) is 10.6 Å². The molecule has 2 rings (SSSR count). The molecule has 1 heterocycles. The Bertz CT molecular complexity index is 842. The summed E-state index contributed by atoms with van der Waals surface area (Å²) in [6, 6.07) is 10.3. The second-order valence-corrected chi connectivity index (χ2v) is 7.63. The number of hydrogen-bond acceptors (Lipinski definition) is 4. The molecule has 6 nitrogen and oxygen atoms in total. The molecule has 130 valence electrons. The number of nitrogens with zero attached hydrogens (tertiary/aromatic N) is 2. The van der Waals surface area contributed by atoms with Gasteiger partial charge in [0, 0.05) is 11.8 Å². The van der Waals surface area contributed by atoms with Crippen molar-refractivity contribution in [2.24, 2.45) is 0 Å². The first-order valence-electron chi connectivity index (χ1n) is 7.79. The Morgan fingerprint density at radius 2 is 1.83 bits per heavy atom. The van der Waals surface area contributed by atoms with Crippen LogP contribution < -0.4 is 9.86 Å². The molecule has 0 saturated carbocycles. The van der Waals surface area contributed by atoms with Crippen molar-refractivity contribution in [1.82, 2.24) is 4.73 Å². The summed E-state index contributed by atoms with van der Waals surface area (Å²) in [6.45, 7) is 1.99. The summed E-state index contributed by atoms with van der Waals surface area (Å²) in [5.41, 5.74) is 1.20. The van der Waals surface area contributed by atoms with Gasteiger partial charge >= 0.3 is 0 Å². The van der Waals surface area contributed by atoms with Gasteiger partial charge in [-0.25, -0.2) is 8.42 Å². The first-order chi connectivity index (χ1) is 11.3. The standard InChI is InChI=1S/C17H22N2O4S/c1-3-4-6-14-8-10-16(11-9-14)19(24(2,22)23)13-15-7-5-12-18(21)17(15)20/h5,7-12,21H,3-4,6,13H2,1-2H3. The number of hydrogen-bond donors (Lipinski definition) is 1. The second kappa shape index (κ2) is 7.53. The van der Waals surface area contributed by atoms with Gasteiger partial charge in [-0.05, 0) is 42.7 Å². The van der Waals surface area contributed by atoms with E-state index >= 15 is 0 Å². The molecule has 7 heteroatoms. The summed E-state index contributed by atoms with van der Waals surface area (Å²) in [6.07, 6.45) is 5.43. The van der Waals surface area contributed by atoms with E-state index in [1.165, 1.54) is 18.3 Å². The lowest BCUT2D eigenvalue weighted by atomic mass is 10.1. The third-order valence-electron chi connectivity index (χ3n) is 3.77. The Hall–Kier alpha value is -2.28. The van der Waals surface area contributed by atoms with E-state index in [0.717, 1.165) is 35.4 Å². The number of benzene rings is 1. The van der Waals surface area contributed by atoms with Gasteiger partial charge < -0.3 is 5.21 Å². The number of anilines is 1. The molecule has 1 N–H and O–H groups in total. The summed E-state index contributed by atoms with van der Waals surface area (Å²) in [4.78, 5) is 11.9. The molecule has 0 aliphatic rings. The van der Waals surface area contributed by atoms with Crippen molar-refractivity contribution in [3.63, 3.8) is 0 Å². The molecule has 1 aromatic carbocycles. The van der Waals surface area contributed by atoms with Crippen molar-refractivity contribution in [1.29, 1.82) is 0 Å². The average Bonchev–Trinajstić information content (AvgIpc) is 2.54. The predicted octanol–water partition coefficient (Wildman–Crippen LogP) is 2.39. The van der Waals surface area contributed by atoms with Gasteiger partial charge in [-0.3, -0.25) is 9.10 Å². The molecule has 1 aromatic heterocycles. The van der Waals surface area contributed by atoms with Gasteiger partial charge in [0.2, 0.25) is 10.0 Å². The lowest BCUT2D eigenvalue weighted by Crippen LogP contribution is -2.33. The van der Waals surface area contributed by atoms with Crippen LogP contribution >= 0.6 is 0 Å². The molecule has 24 heavy (non-hydrogen) atoms. The number of sulfonamides is 1. The number of unbranched alkanes of at least 4 members (excludes halogenated alkanes) is 1. The SMILES string of the molecule is CCCCc1ccc(N(Cc2cccn(O)c2=O)S(C)(=O)=O)cc1. The summed E-state index contributed by atoms with van der Waals surface area (Å²) in [5, 5.41) is 9.44. The van der Waals surface area contributed by atoms with Crippen LogP contribution in [-0.2, 0) is 23.0 Å². The van der Waals surface area contributed by atoms with E-state index in [-0.39, 0.29) is 12.1 Å². The van der Waals surface area contributed by atoms with Gasteiger partial charge in [0.1, 0.15) is 0 Å². The number of aromatic nitrogens is 1. The fourth-order valence-electron chi connectivity index (χ4n) is 2.41. The fraction of sp³-hybridized carbons (Fsp3) is 0.353.